The summed E-state index contributed by atoms with van der Waals surface area (Å²) in [5.74, 6) is 0.994. The lowest BCUT2D eigenvalue weighted by Crippen LogP contribution is -2.31. The van der Waals surface area contributed by atoms with Gasteiger partial charge in [-0.1, -0.05) is 0 Å². The predicted molar refractivity (Wildman–Crippen MR) is 77.6 cm³/mol. The molecule has 6 heteroatoms. The van der Waals surface area contributed by atoms with Gasteiger partial charge in [0.05, 0.1) is 18.0 Å². The maximum absolute atomic E-state index is 6.16. The smallest absolute Gasteiger partial charge is 0.150 e. The fourth-order valence-corrected chi connectivity index (χ4v) is 2.06. The van der Waals surface area contributed by atoms with Crippen LogP contribution in [0, 0.1) is 6.92 Å². The summed E-state index contributed by atoms with van der Waals surface area (Å²) in [5.41, 5.74) is 7.80. The number of hydrogen-bond donors (Lipinski definition) is 1. The quantitative estimate of drug-likeness (QED) is 0.685. The Labute approximate surface area is 115 Å². The van der Waals surface area contributed by atoms with Crippen LogP contribution in [0.4, 0.5) is 11.5 Å². The molecule has 0 saturated carbocycles. The minimum atomic E-state index is 0.667. The van der Waals surface area contributed by atoms with Crippen LogP contribution in [0.5, 0.6) is 0 Å². The summed E-state index contributed by atoms with van der Waals surface area (Å²) in [6.07, 6.45) is 0.952. The van der Waals surface area contributed by atoms with E-state index in [-0.39, 0.29) is 0 Å². The molecule has 110 valence electrons. The van der Waals surface area contributed by atoms with Gasteiger partial charge in [-0.15, -0.1) is 0 Å². The van der Waals surface area contributed by atoms with Crippen LogP contribution in [0.15, 0.2) is 0 Å². The molecule has 1 heterocycles. The minimum absolute atomic E-state index is 0.667. The first kappa shape index (κ1) is 15.8. The van der Waals surface area contributed by atoms with Crippen LogP contribution in [0.3, 0.4) is 0 Å². The zero-order chi connectivity index (χ0) is 14.3. The predicted octanol–water partition coefficient (Wildman–Crippen LogP) is 1.28. The van der Waals surface area contributed by atoms with Gasteiger partial charge in [-0.3, -0.25) is 0 Å². The maximum Gasteiger partial charge on any atom is 0.150 e. The van der Waals surface area contributed by atoms with Crippen molar-refractivity contribution < 1.29 is 9.47 Å². The maximum atomic E-state index is 6.16. The SMILES string of the molecule is CCn1nc(C)c(N)c1N(CCCOC)CCOC. The van der Waals surface area contributed by atoms with Crippen molar-refractivity contribution in [1.82, 2.24) is 9.78 Å². The molecule has 1 aromatic heterocycles. The number of rotatable bonds is 9. The van der Waals surface area contributed by atoms with E-state index in [9.17, 15) is 0 Å². The summed E-state index contributed by atoms with van der Waals surface area (Å²) >= 11 is 0. The van der Waals surface area contributed by atoms with Crippen molar-refractivity contribution in [2.24, 2.45) is 0 Å². The second-order valence-corrected chi connectivity index (χ2v) is 4.46. The molecule has 0 aliphatic carbocycles. The normalized spacial score (nSPS) is 10.9. The summed E-state index contributed by atoms with van der Waals surface area (Å²) in [4.78, 5) is 2.22. The second-order valence-electron chi connectivity index (χ2n) is 4.46. The molecule has 19 heavy (non-hydrogen) atoms. The Hall–Kier alpha value is -1.27. The van der Waals surface area contributed by atoms with Crippen LogP contribution in [0.1, 0.15) is 19.0 Å². The molecule has 0 aromatic carbocycles. The van der Waals surface area contributed by atoms with E-state index in [1.807, 2.05) is 11.6 Å². The van der Waals surface area contributed by atoms with Crippen LogP contribution < -0.4 is 10.6 Å². The van der Waals surface area contributed by atoms with E-state index in [0.29, 0.717) is 6.61 Å². The molecule has 0 spiro atoms. The third kappa shape index (κ3) is 4.11. The van der Waals surface area contributed by atoms with E-state index in [2.05, 4.69) is 16.9 Å². The number of methoxy groups -OCH3 is 2. The summed E-state index contributed by atoms with van der Waals surface area (Å²) in [5, 5.41) is 4.46. The highest BCUT2D eigenvalue weighted by molar-refractivity contribution is 5.66. The lowest BCUT2D eigenvalue weighted by Gasteiger charge is -2.25. The largest absolute Gasteiger partial charge is 0.394 e. The number of hydrogen-bond acceptors (Lipinski definition) is 5. The summed E-state index contributed by atoms with van der Waals surface area (Å²) < 4.78 is 12.2. The molecule has 0 radical (unpaired) electrons. The van der Waals surface area contributed by atoms with Crippen LogP contribution in [0.25, 0.3) is 0 Å². The Bertz CT molecular complexity index is 379. The Morgan fingerprint density at radius 1 is 1.21 bits per heavy atom. The number of aromatic nitrogens is 2. The Kier molecular flexibility index (Phi) is 6.66. The summed E-state index contributed by atoms with van der Waals surface area (Å²) in [7, 11) is 3.42. The van der Waals surface area contributed by atoms with Gasteiger partial charge < -0.3 is 20.1 Å². The number of anilines is 2. The van der Waals surface area contributed by atoms with Crippen molar-refractivity contribution in [3.8, 4) is 0 Å². The van der Waals surface area contributed by atoms with Gasteiger partial charge in [0.2, 0.25) is 0 Å². The van der Waals surface area contributed by atoms with Gasteiger partial charge >= 0.3 is 0 Å². The van der Waals surface area contributed by atoms with Crippen molar-refractivity contribution in [1.29, 1.82) is 0 Å². The second kappa shape index (κ2) is 8.01. The van der Waals surface area contributed by atoms with Crippen LogP contribution >= 0.6 is 0 Å². The lowest BCUT2D eigenvalue weighted by molar-refractivity contribution is 0.190. The third-order valence-electron chi connectivity index (χ3n) is 3.09. The molecule has 1 aromatic rings. The van der Waals surface area contributed by atoms with Crippen molar-refractivity contribution in [2.75, 3.05) is 51.2 Å². The van der Waals surface area contributed by atoms with Gasteiger partial charge in [0.1, 0.15) is 0 Å². The highest BCUT2D eigenvalue weighted by Crippen LogP contribution is 2.26. The van der Waals surface area contributed by atoms with Gasteiger partial charge in [-0.05, 0) is 20.3 Å². The Morgan fingerprint density at radius 2 is 1.89 bits per heavy atom. The molecule has 0 bridgehead atoms. The standard InChI is InChI=1S/C13H26N4O2/c1-5-17-13(12(14)11(2)15-17)16(8-10-19-4)7-6-9-18-3/h5-10,14H2,1-4H3. The summed E-state index contributed by atoms with van der Waals surface area (Å²) in [6, 6.07) is 0. The molecular formula is C13H26N4O2. The number of ether oxygens (including phenoxy) is 2. The Morgan fingerprint density at radius 3 is 2.47 bits per heavy atom. The van der Waals surface area contributed by atoms with Crippen LogP contribution in [-0.2, 0) is 16.0 Å². The average Bonchev–Trinajstić information content (AvgIpc) is 2.70. The monoisotopic (exact) mass is 270 g/mol. The zero-order valence-electron chi connectivity index (χ0n) is 12.5. The van der Waals surface area contributed by atoms with E-state index >= 15 is 0 Å². The molecule has 0 fully saturated rings. The van der Waals surface area contributed by atoms with Crippen molar-refractivity contribution in [3.05, 3.63) is 5.69 Å². The molecule has 0 amide bonds. The molecule has 2 N–H and O–H groups in total. The highest BCUT2D eigenvalue weighted by atomic mass is 16.5. The van der Waals surface area contributed by atoms with E-state index < -0.39 is 0 Å². The van der Waals surface area contributed by atoms with E-state index in [4.69, 9.17) is 15.2 Å². The molecule has 0 saturated heterocycles. The van der Waals surface area contributed by atoms with Crippen molar-refractivity contribution in [2.45, 2.75) is 26.8 Å². The van der Waals surface area contributed by atoms with Crippen molar-refractivity contribution in [3.63, 3.8) is 0 Å². The Balaban J connectivity index is 2.88. The van der Waals surface area contributed by atoms with E-state index in [1.54, 1.807) is 14.2 Å². The lowest BCUT2D eigenvalue weighted by atomic mass is 10.3. The molecule has 0 aliphatic rings. The van der Waals surface area contributed by atoms with Crippen LogP contribution in [-0.4, -0.2) is 50.3 Å². The first-order chi connectivity index (χ1) is 9.15. The first-order valence-electron chi connectivity index (χ1n) is 6.71. The number of nitrogens with two attached hydrogens (primary N) is 1. The topological polar surface area (TPSA) is 65.5 Å². The van der Waals surface area contributed by atoms with Crippen molar-refractivity contribution >= 4 is 11.5 Å². The van der Waals surface area contributed by atoms with Crippen LogP contribution in [0.2, 0.25) is 0 Å². The van der Waals surface area contributed by atoms with Gasteiger partial charge in [0.15, 0.2) is 5.82 Å². The molecule has 0 atom stereocenters. The van der Waals surface area contributed by atoms with E-state index in [1.165, 1.54) is 0 Å². The first-order valence-corrected chi connectivity index (χ1v) is 6.71. The molecule has 6 nitrogen and oxygen atoms in total. The zero-order valence-corrected chi connectivity index (χ0v) is 12.5. The van der Waals surface area contributed by atoms with Gasteiger partial charge in [0, 0.05) is 40.5 Å². The molecule has 1 rings (SSSR count). The third-order valence-corrected chi connectivity index (χ3v) is 3.09. The molecule has 0 aliphatic heterocycles. The van der Waals surface area contributed by atoms with Gasteiger partial charge in [-0.25, -0.2) is 4.68 Å². The van der Waals surface area contributed by atoms with Gasteiger partial charge in [-0.2, -0.15) is 5.10 Å². The summed E-state index contributed by atoms with van der Waals surface area (Å²) in [6.45, 7) is 7.90. The average molecular weight is 270 g/mol. The minimum Gasteiger partial charge on any atom is -0.394 e. The highest BCUT2D eigenvalue weighted by Gasteiger charge is 2.18. The number of aryl methyl sites for hydroxylation is 2. The molecular weight excluding hydrogens is 244 g/mol. The molecule has 0 unspecified atom stereocenters. The van der Waals surface area contributed by atoms with Gasteiger partial charge in [0.25, 0.3) is 0 Å². The van der Waals surface area contributed by atoms with E-state index in [0.717, 1.165) is 49.9 Å². The fourth-order valence-electron chi connectivity index (χ4n) is 2.06. The number of nitrogens with zero attached hydrogens (tertiary/aromatic N) is 3. The number of nitrogen functional groups attached to an aromatic ring is 1. The fraction of sp³-hybridized carbons (Fsp3) is 0.769.